The summed E-state index contributed by atoms with van der Waals surface area (Å²) in [6.45, 7) is 1.88. The topological polar surface area (TPSA) is 127 Å². The highest BCUT2D eigenvalue weighted by atomic mass is 35.5. The first-order valence-corrected chi connectivity index (χ1v) is 13.5. The van der Waals surface area contributed by atoms with Gasteiger partial charge in [-0.3, -0.25) is 4.79 Å². The highest BCUT2D eigenvalue weighted by molar-refractivity contribution is 6.30. The number of aromatic carboxylic acids is 1. The molecule has 1 saturated heterocycles. The second-order valence-electron chi connectivity index (χ2n) is 9.56. The number of piperazine rings is 1. The lowest BCUT2D eigenvalue weighted by molar-refractivity contribution is -0.131. The van der Waals surface area contributed by atoms with Crippen molar-refractivity contribution >= 4 is 29.3 Å². The lowest BCUT2D eigenvalue weighted by Crippen LogP contribution is -2.51. The lowest BCUT2D eigenvalue weighted by Gasteiger charge is -2.34. The SMILES string of the molecule is O=C(O)c1ccc(CCCN2CCN(c3ccc(OCc4c(Cl)nnn4-c4ccc(C(F)F)cc4)nn3)CC2=O)cc1. The molecule has 218 valence electrons. The number of nitrogens with zero attached hydrogens (tertiary/aromatic N) is 7. The van der Waals surface area contributed by atoms with E-state index in [0.29, 0.717) is 36.8 Å². The summed E-state index contributed by atoms with van der Waals surface area (Å²) in [6, 6.07) is 15.7. The van der Waals surface area contributed by atoms with Crippen LogP contribution in [0.1, 0.15) is 40.0 Å². The van der Waals surface area contributed by atoms with Crippen LogP contribution in [0, 0.1) is 0 Å². The van der Waals surface area contributed by atoms with E-state index < -0.39 is 12.4 Å². The van der Waals surface area contributed by atoms with Gasteiger partial charge in [0.15, 0.2) is 11.0 Å². The Hall–Kier alpha value is -4.65. The molecule has 4 aromatic rings. The number of benzene rings is 2. The van der Waals surface area contributed by atoms with Crippen LogP contribution in [0.2, 0.25) is 5.15 Å². The van der Waals surface area contributed by atoms with Gasteiger partial charge < -0.3 is 19.6 Å². The summed E-state index contributed by atoms with van der Waals surface area (Å²) >= 11 is 6.18. The number of carbonyl (C=O) groups is 2. The van der Waals surface area contributed by atoms with Gasteiger partial charge in [-0.1, -0.05) is 41.1 Å². The third-order valence-corrected chi connectivity index (χ3v) is 7.12. The number of aromatic nitrogens is 5. The Bertz CT molecular complexity index is 1530. The molecule has 1 aliphatic rings. The second-order valence-corrected chi connectivity index (χ2v) is 9.92. The second kappa shape index (κ2) is 12.9. The number of halogens is 3. The lowest BCUT2D eigenvalue weighted by atomic mass is 10.1. The predicted octanol–water partition coefficient (Wildman–Crippen LogP) is 4.21. The molecule has 11 nitrogen and oxygen atoms in total. The normalized spacial score (nSPS) is 13.6. The number of hydrogen-bond donors (Lipinski definition) is 1. The van der Waals surface area contributed by atoms with Crippen LogP contribution in [-0.4, -0.2) is 73.3 Å². The van der Waals surface area contributed by atoms with E-state index in [1.807, 2.05) is 9.80 Å². The monoisotopic (exact) mass is 597 g/mol. The predicted molar refractivity (Wildman–Crippen MR) is 148 cm³/mol. The summed E-state index contributed by atoms with van der Waals surface area (Å²) in [5.41, 5.74) is 2.07. The summed E-state index contributed by atoms with van der Waals surface area (Å²) in [6.07, 6.45) is -1.06. The van der Waals surface area contributed by atoms with Gasteiger partial charge >= 0.3 is 5.97 Å². The van der Waals surface area contributed by atoms with Crippen LogP contribution in [0.15, 0.2) is 60.7 Å². The molecule has 1 amide bonds. The number of alkyl halides is 2. The maximum Gasteiger partial charge on any atom is 0.335 e. The summed E-state index contributed by atoms with van der Waals surface area (Å²) < 4.78 is 32.9. The molecular weight excluding hydrogens is 572 g/mol. The van der Waals surface area contributed by atoms with Crippen molar-refractivity contribution in [1.82, 2.24) is 30.1 Å². The minimum absolute atomic E-state index is 0.0124. The van der Waals surface area contributed by atoms with Crippen LogP contribution in [0.25, 0.3) is 5.69 Å². The summed E-state index contributed by atoms with van der Waals surface area (Å²) in [5, 5.41) is 25.3. The average molecular weight is 598 g/mol. The van der Waals surface area contributed by atoms with Crippen molar-refractivity contribution < 1.29 is 28.2 Å². The van der Waals surface area contributed by atoms with Gasteiger partial charge in [-0.2, -0.15) is 0 Å². The van der Waals surface area contributed by atoms with Crippen molar-refractivity contribution in [2.24, 2.45) is 0 Å². The van der Waals surface area contributed by atoms with Crippen molar-refractivity contribution in [2.75, 3.05) is 31.1 Å². The van der Waals surface area contributed by atoms with Gasteiger partial charge in [-0.05, 0) is 48.7 Å². The first-order valence-electron chi connectivity index (χ1n) is 13.1. The maximum absolute atomic E-state index is 12.9. The molecule has 2 aromatic carbocycles. The molecule has 0 atom stereocenters. The van der Waals surface area contributed by atoms with E-state index in [1.165, 1.54) is 28.9 Å². The molecule has 2 aromatic heterocycles. The molecule has 5 rings (SSSR count). The van der Waals surface area contributed by atoms with Gasteiger partial charge in [-0.25, -0.2) is 18.3 Å². The molecule has 1 fully saturated rings. The number of hydrogen-bond acceptors (Lipinski definition) is 8. The van der Waals surface area contributed by atoms with Crippen molar-refractivity contribution in [2.45, 2.75) is 25.9 Å². The van der Waals surface area contributed by atoms with Crippen LogP contribution < -0.4 is 9.64 Å². The molecule has 0 spiro atoms. The van der Waals surface area contributed by atoms with Crippen LogP contribution in [0.4, 0.5) is 14.6 Å². The standard InChI is InChI=1S/C28H26ClF2N7O4/c29-26-22(38(35-34-26)21-9-7-19(8-10-21)27(30)31)17-42-24-12-11-23(32-33-24)37-15-14-36(25(39)16-37)13-1-2-18-3-5-20(6-4-18)28(40)41/h3-12,27H,1-2,13-17H2,(H,40,41). The van der Waals surface area contributed by atoms with E-state index in [1.54, 1.807) is 36.4 Å². The Morgan fingerprint density at radius 3 is 2.40 bits per heavy atom. The number of amides is 1. The Morgan fingerprint density at radius 1 is 1.00 bits per heavy atom. The minimum atomic E-state index is -2.58. The van der Waals surface area contributed by atoms with Crippen molar-refractivity contribution in [3.05, 3.63) is 88.2 Å². The van der Waals surface area contributed by atoms with E-state index >= 15 is 0 Å². The van der Waals surface area contributed by atoms with Crippen LogP contribution in [0.3, 0.4) is 0 Å². The van der Waals surface area contributed by atoms with Crippen molar-refractivity contribution in [1.29, 1.82) is 0 Å². The highest BCUT2D eigenvalue weighted by Gasteiger charge is 2.25. The number of carbonyl (C=O) groups excluding carboxylic acids is 1. The Morgan fingerprint density at radius 2 is 1.76 bits per heavy atom. The smallest absolute Gasteiger partial charge is 0.335 e. The number of anilines is 1. The Labute approximate surface area is 244 Å². The summed E-state index contributed by atoms with van der Waals surface area (Å²) in [4.78, 5) is 27.4. The zero-order valence-electron chi connectivity index (χ0n) is 22.2. The van der Waals surface area contributed by atoms with Crippen molar-refractivity contribution in [3.63, 3.8) is 0 Å². The van der Waals surface area contributed by atoms with Gasteiger partial charge in [0.1, 0.15) is 12.3 Å². The molecule has 0 saturated carbocycles. The largest absolute Gasteiger partial charge is 0.478 e. The van der Waals surface area contributed by atoms with Gasteiger partial charge in [-0.15, -0.1) is 15.3 Å². The molecule has 14 heteroatoms. The number of rotatable bonds is 11. The number of ether oxygens (including phenoxy) is 1. The number of carboxylic acids is 1. The molecule has 0 radical (unpaired) electrons. The number of carboxylic acid groups (broad SMARTS) is 1. The third kappa shape index (κ3) is 6.79. The van der Waals surface area contributed by atoms with E-state index in [9.17, 15) is 18.4 Å². The molecular formula is C28H26ClF2N7O4. The Kier molecular flexibility index (Phi) is 8.86. The average Bonchev–Trinajstić information content (AvgIpc) is 3.37. The van der Waals surface area contributed by atoms with E-state index in [4.69, 9.17) is 21.4 Å². The molecule has 1 N–H and O–H groups in total. The van der Waals surface area contributed by atoms with Crippen LogP contribution in [-0.2, 0) is 17.8 Å². The van der Waals surface area contributed by atoms with E-state index in [2.05, 4.69) is 20.5 Å². The molecule has 3 heterocycles. The van der Waals surface area contributed by atoms with Gasteiger partial charge in [0, 0.05) is 31.3 Å². The fourth-order valence-corrected chi connectivity index (χ4v) is 4.67. The Balaban J connectivity index is 1.11. The fraction of sp³-hybridized carbons (Fsp3) is 0.286. The van der Waals surface area contributed by atoms with E-state index in [0.717, 1.165) is 18.4 Å². The fourth-order valence-electron chi connectivity index (χ4n) is 4.50. The molecule has 0 aliphatic carbocycles. The van der Waals surface area contributed by atoms with Gasteiger partial charge in [0.25, 0.3) is 6.43 Å². The van der Waals surface area contributed by atoms with Gasteiger partial charge in [0.2, 0.25) is 11.8 Å². The third-order valence-electron chi connectivity index (χ3n) is 6.83. The first-order chi connectivity index (χ1) is 20.3. The molecule has 1 aliphatic heterocycles. The molecule has 42 heavy (non-hydrogen) atoms. The van der Waals surface area contributed by atoms with Crippen LogP contribution >= 0.6 is 11.6 Å². The minimum Gasteiger partial charge on any atom is -0.478 e. The summed E-state index contributed by atoms with van der Waals surface area (Å²) in [7, 11) is 0. The summed E-state index contributed by atoms with van der Waals surface area (Å²) in [5.74, 6) is -0.210. The zero-order valence-corrected chi connectivity index (χ0v) is 23.0. The first kappa shape index (κ1) is 28.9. The quantitative estimate of drug-likeness (QED) is 0.270. The maximum atomic E-state index is 12.9. The zero-order chi connectivity index (χ0) is 29.6. The number of aryl methyl sites for hydroxylation is 1. The highest BCUT2D eigenvalue weighted by Crippen LogP contribution is 2.23. The van der Waals surface area contributed by atoms with Gasteiger partial charge in [0.05, 0.1) is 17.8 Å². The van der Waals surface area contributed by atoms with Crippen molar-refractivity contribution in [3.8, 4) is 11.6 Å². The van der Waals surface area contributed by atoms with Crippen LogP contribution in [0.5, 0.6) is 5.88 Å². The van der Waals surface area contributed by atoms with E-state index in [-0.39, 0.29) is 41.2 Å². The molecule has 0 bridgehead atoms. The molecule has 0 unspecified atom stereocenters.